The van der Waals surface area contributed by atoms with Crippen molar-refractivity contribution in [3.63, 3.8) is 0 Å². The van der Waals surface area contributed by atoms with Crippen LogP contribution < -0.4 is 0 Å². The normalized spacial score (nSPS) is 13.7. The summed E-state index contributed by atoms with van der Waals surface area (Å²) in [6.07, 6.45) is 6.96. The van der Waals surface area contributed by atoms with Crippen molar-refractivity contribution in [1.82, 2.24) is 9.97 Å². The molecule has 2 aromatic heterocycles. The number of benzene rings is 2. The summed E-state index contributed by atoms with van der Waals surface area (Å²) >= 11 is 0. The van der Waals surface area contributed by atoms with Crippen molar-refractivity contribution in [2.24, 2.45) is 0 Å². The second-order valence-electron chi connectivity index (χ2n) is 6.72. The van der Waals surface area contributed by atoms with E-state index in [-0.39, 0.29) is 5.41 Å². The molecule has 0 saturated carbocycles. The highest BCUT2D eigenvalue weighted by atomic mass is 14.7. The molecule has 0 saturated heterocycles. The van der Waals surface area contributed by atoms with Gasteiger partial charge in [-0.15, -0.1) is 0 Å². The fraction of sp³-hybridized carbons (Fsp3) is 0.174. The Morgan fingerprint density at radius 3 is 2.52 bits per heavy atom. The Bertz CT molecular complexity index is 986. The lowest BCUT2D eigenvalue weighted by molar-refractivity contribution is 0.554. The second kappa shape index (κ2) is 6.21. The van der Waals surface area contributed by atoms with Gasteiger partial charge in [0.2, 0.25) is 0 Å². The zero-order valence-electron chi connectivity index (χ0n) is 14.7. The van der Waals surface area contributed by atoms with Crippen LogP contribution in [0.2, 0.25) is 0 Å². The van der Waals surface area contributed by atoms with E-state index in [4.69, 9.17) is 0 Å². The zero-order chi connectivity index (χ0) is 17.3. The Morgan fingerprint density at radius 1 is 0.960 bits per heavy atom. The third-order valence-electron chi connectivity index (χ3n) is 5.40. The number of para-hydroxylation sites is 1. The number of fused-ring (bicyclic) bond motifs is 1. The van der Waals surface area contributed by atoms with Crippen LogP contribution in [0.3, 0.4) is 0 Å². The maximum Gasteiger partial charge on any atom is 0.0537 e. The van der Waals surface area contributed by atoms with E-state index in [1.54, 1.807) is 0 Å². The first-order valence-electron chi connectivity index (χ1n) is 8.80. The van der Waals surface area contributed by atoms with Crippen molar-refractivity contribution < 1.29 is 0 Å². The van der Waals surface area contributed by atoms with E-state index >= 15 is 0 Å². The molecule has 4 aromatic rings. The molecule has 0 aliphatic heterocycles. The number of hydrogen-bond acceptors (Lipinski definition) is 1. The average Bonchev–Trinajstić information content (AvgIpc) is 3.13. The Balaban J connectivity index is 1.93. The molecule has 2 heteroatoms. The van der Waals surface area contributed by atoms with Crippen LogP contribution in [0.15, 0.2) is 79.3 Å². The van der Waals surface area contributed by atoms with Gasteiger partial charge in [0.25, 0.3) is 0 Å². The molecule has 0 radical (unpaired) electrons. The minimum Gasteiger partial charge on any atom is -0.360 e. The van der Waals surface area contributed by atoms with Gasteiger partial charge in [-0.25, -0.2) is 0 Å². The maximum atomic E-state index is 4.27. The monoisotopic (exact) mass is 326 g/mol. The first kappa shape index (κ1) is 15.6. The van der Waals surface area contributed by atoms with Crippen LogP contribution in [0.4, 0.5) is 0 Å². The standard InChI is InChI=1S/C23H22N2/c1-3-23(2,18-10-5-4-6-11-18)21-16-25-22-19(12-7-13-20(21)22)17-9-8-14-24-15-17/h4-16,25H,3H2,1-2H3. The van der Waals surface area contributed by atoms with Gasteiger partial charge in [-0.2, -0.15) is 0 Å². The SMILES string of the molecule is CCC(C)(c1ccccc1)c1c[nH]c2c(-c3cccnc3)cccc12. The van der Waals surface area contributed by atoms with Crippen LogP contribution in [-0.2, 0) is 5.41 Å². The molecule has 124 valence electrons. The highest BCUT2D eigenvalue weighted by Gasteiger charge is 2.29. The van der Waals surface area contributed by atoms with Gasteiger partial charge in [-0.3, -0.25) is 4.98 Å². The second-order valence-corrected chi connectivity index (χ2v) is 6.72. The molecule has 2 nitrogen and oxygen atoms in total. The molecule has 0 aliphatic rings. The molecular formula is C23H22N2. The third kappa shape index (κ3) is 2.54. The maximum absolute atomic E-state index is 4.27. The predicted molar refractivity (Wildman–Crippen MR) is 105 cm³/mol. The molecule has 2 aromatic carbocycles. The van der Waals surface area contributed by atoms with Gasteiger partial charge in [-0.05, 0) is 23.6 Å². The highest BCUT2D eigenvalue weighted by molar-refractivity contribution is 5.96. The molecule has 4 rings (SSSR count). The van der Waals surface area contributed by atoms with Crippen molar-refractivity contribution in [3.05, 3.63) is 90.4 Å². The number of pyridine rings is 1. The molecule has 1 unspecified atom stereocenters. The van der Waals surface area contributed by atoms with Crippen LogP contribution in [0, 0.1) is 0 Å². The van der Waals surface area contributed by atoms with Crippen LogP contribution >= 0.6 is 0 Å². The van der Waals surface area contributed by atoms with Gasteiger partial charge >= 0.3 is 0 Å². The summed E-state index contributed by atoms with van der Waals surface area (Å²) in [4.78, 5) is 7.81. The molecule has 0 aliphatic carbocycles. The number of rotatable bonds is 4. The van der Waals surface area contributed by atoms with Crippen molar-refractivity contribution >= 4 is 10.9 Å². The number of nitrogens with zero attached hydrogens (tertiary/aromatic N) is 1. The lowest BCUT2D eigenvalue weighted by Crippen LogP contribution is -2.22. The van der Waals surface area contributed by atoms with Crippen molar-refractivity contribution in [2.75, 3.05) is 0 Å². The molecule has 2 heterocycles. The molecule has 0 fully saturated rings. The summed E-state index contributed by atoms with van der Waals surface area (Å²) in [5.74, 6) is 0. The molecule has 0 amide bonds. The van der Waals surface area contributed by atoms with Crippen molar-refractivity contribution in [2.45, 2.75) is 25.7 Å². The average molecular weight is 326 g/mol. The van der Waals surface area contributed by atoms with Crippen molar-refractivity contribution in [1.29, 1.82) is 0 Å². The molecule has 1 N–H and O–H groups in total. The quantitative estimate of drug-likeness (QED) is 0.493. The fourth-order valence-electron chi connectivity index (χ4n) is 3.73. The third-order valence-corrected chi connectivity index (χ3v) is 5.40. The number of H-pyrrole nitrogens is 1. The Kier molecular flexibility index (Phi) is 3.89. The summed E-state index contributed by atoms with van der Waals surface area (Å²) in [7, 11) is 0. The van der Waals surface area contributed by atoms with E-state index in [9.17, 15) is 0 Å². The molecular weight excluding hydrogens is 304 g/mol. The van der Waals surface area contributed by atoms with E-state index in [1.165, 1.54) is 27.6 Å². The van der Waals surface area contributed by atoms with Gasteiger partial charge in [-0.1, -0.05) is 68.4 Å². The Labute approximate surface area is 148 Å². The van der Waals surface area contributed by atoms with Gasteiger partial charge < -0.3 is 4.98 Å². The lowest BCUT2D eigenvalue weighted by atomic mass is 9.74. The van der Waals surface area contributed by atoms with Crippen LogP contribution in [0.5, 0.6) is 0 Å². The summed E-state index contributed by atoms with van der Waals surface area (Å²) in [6.45, 7) is 4.60. The summed E-state index contributed by atoms with van der Waals surface area (Å²) in [5, 5.41) is 1.29. The Morgan fingerprint density at radius 2 is 1.80 bits per heavy atom. The number of nitrogens with one attached hydrogen (secondary N) is 1. The minimum absolute atomic E-state index is 0.0208. The van der Waals surface area contributed by atoms with E-state index in [2.05, 4.69) is 84.6 Å². The van der Waals surface area contributed by atoms with Gasteiger partial charge in [0.05, 0.1) is 5.52 Å². The molecule has 1 atom stereocenters. The van der Waals surface area contributed by atoms with Crippen molar-refractivity contribution in [3.8, 4) is 11.1 Å². The number of hydrogen-bond donors (Lipinski definition) is 1. The largest absolute Gasteiger partial charge is 0.360 e. The summed E-state index contributed by atoms with van der Waals surface area (Å²) in [6, 6.07) is 21.4. The van der Waals surface area contributed by atoms with Crippen LogP contribution in [-0.4, -0.2) is 9.97 Å². The fourth-order valence-corrected chi connectivity index (χ4v) is 3.73. The first-order valence-corrected chi connectivity index (χ1v) is 8.80. The van der Waals surface area contributed by atoms with E-state index < -0.39 is 0 Å². The highest BCUT2D eigenvalue weighted by Crippen LogP contribution is 2.40. The summed E-state index contributed by atoms with van der Waals surface area (Å²) in [5.41, 5.74) is 6.20. The van der Waals surface area contributed by atoms with Gasteiger partial charge in [0, 0.05) is 40.5 Å². The number of aromatic amines is 1. The topological polar surface area (TPSA) is 28.7 Å². The van der Waals surface area contributed by atoms with Gasteiger partial charge in [0.1, 0.15) is 0 Å². The molecule has 25 heavy (non-hydrogen) atoms. The van der Waals surface area contributed by atoms with E-state index in [1.807, 2.05) is 18.5 Å². The van der Waals surface area contributed by atoms with Gasteiger partial charge in [0.15, 0.2) is 0 Å². The minimum atomic E-state index is -0.0208. The van der Waals surface area contributed by atoms with Crippen LogP contribution in [0.25, 0.3) is 22.0 Å². The van der Waals surface area contributed by atoms with E-state index in [0.29, 0.717) is 0 Å². The first-order chi connectivity index (χ1) is 12.2. The molecule has 0 bridgehead atoms. The Hall–Kier alpha value is -2.87. The van der Waals surface area contributed by atoms with E-state index in [0.717, 1.165) is 12.0 Å². The predicted octanol–water partition coefficient (Wildman–Crippen LogP) is 5.95. The lowest BCUT2D eigenvalue weighted by Gasteiger charge is -2.29. The zero-order valence-corrected chi connectivity index (χ0v) is 14.7. The summed E-state index contributed by atoms with van der Waals surface area (Å²) < 4.78 is 0. The number of aromatic nitrogens is 2. The molecule has 0 spiro atoms. The van der Waals surface area contributed by atoms with Crippen LogP contribution in [0.1, 0.15) is 31.4 Å². The smallest absolute Gasteiger partial charge is 0.0537 e.